The zero-order valence-electron chi connectivity index (χ0n) is 16.0. The van der Waals surface area contributed by atoms with Crippen LogP contribution in [-0.4, -0.2) is 40.3 Å². The summed E-state index contributed by atoms with van der Waals surface area (Å²) >= 11 is 0. The summed E-state index contributed by atoms with van der Waals surface area (Å²) in [7, 11) is 1.73. The third-order valence-electron chi connectivity index (χ3n) is 4.51. The Morgan fingerprint density at radius 1 is 1.35 bits per heavy atom. The van der Waals surface area contributed by atoms with E-state index in [0.29, 0.717) is 17.9 Å². The van der Waals surface area contributed by atoms with Crippen molar-refractivity contribution < 1.29 is 14.3 Å². The molecule has 7 heteroatoms. The molecule has 26 heavy (non-hydrogen) atoms. The lowest BCUT2D eigenvalue weighted by Gasteiger charge is -2.31. The lowest BCUT2D eigenvalue weighted by Crippen LogP contribution is -2.39. The van der Waals surface area contributed by atoms with Gasteiger partial charge in [-0.15, -0.1) is 0 Å². The second-order valence-electron chi connectivity index (χ2n) is 7.97. The first-order valence-electron chi connectivity index (χ1n) is 9.04. The summed E-state index contributed by atoms with van der Waals surface area (Å²) in [4.78, 5) is 16.5. The van der Waals surface area contributed by atoms with Gasteiger partial charge in [0.1, 0.15) is 5.60 Å². The zero-order valence-corrected chi connectivity index (χ0v) is 16.0. The third-order valence-corrected chi connectivity index (χ3v) is 4.51. The fourth-order valence-electron chi connectivity index (χ4n) is 3.55. The number of methoxy groups -OCH3 is 1. The fourth-order valence-corrected chi connectivity index (χ4v) is 3.55. The first kappa shape index (κ1) is 18.5. The van der Waals surface area contributed by atoms with Crippen molar-refractivity contribution in [2.45, 2.75) is 57.6 Å². The van der Waals surface area contributed by atoms with Crippen molar-refractivity contribution in [2.75, 3.05) is 24.4 Å². The molecule has 3 rings (SSSR count). The summed E-state index contributed by atoms with van der Waals surface area (Å²) in [6, 6.07) is 1.90. The molecule has 2 aromatic heterocycles. The highest BCUT2D eigenvalue weighted by Crippen LogP contribution is 2.34. The van der Waals surface area contributed by atoms with Crippen LogP contribution >= 0.6 is 0 Å². The highest BCUT2D eigenvalue weighted by atomic mass is 16.6. The lowest BCUT2D eigenvalue weighted by atomic mass is 9.98. The Balaban J connectivity index is 1.87. The topological polar surface area (TPSA) is 76.9 Å². The van der Waals surface area contributed by atoms with Gasteiger partial charge in [0.25, 0.3) is 0 Å². The van der Waals surface area contributed by atoms with E-state index < -0.39 is 11.7 Å². The van der Waals surface area contributed by atoms with Crippen LogP contribution in [0.25, 0.3) is 5.65 Å². The molecule has 1 saturated carbocycles. The number of imidazole rings is 1. The second-order valence-corrected chi connectivity index (χ2v) is 7.97. The van der Waals surface area contributed by atoms with Crippen LogP contribution in [0.15, 0.2) is 24.7 Å². The van der Waals surface area contributed by atoms with Gasteiger partial charge < -0.3 is 19.2 Å². The van der Waals surface area contributed by atoms with Gasteiger partial charge in [-0.2, -0.15) is 0 Å². The minimum absolute atomic E-state index is 0.0633. The van der Waals surface area contributed by atoms with E-state index in [1.807, 2.05) is 43.6 Å². The van der Waals surface area contributed by atoms with E-state index in [1.165, 1.54) is 12.8 Å². The third kappa shape index (κ3) is 4.27. The number of rotatable bonds is 5. The predicted octanol–water partition coefficient (Wildman–Crippen LogP) is 4.05. The van der Waals surface area contributed by atoms with Crippen molar-refractivity contribution in [3.63, 3.8) is 0 Å². The summed E-state index contributed by atoms with van der Waals surface area (Å²) in [5.74, 6) is 0. The van der Waals surface area contributed by atoms with Crippen molar-refractivity contribution in [3.8, 4) is 0 Å². The van der Waals surface area contributed by atoms with Crippen LogP contribution < -0.4 is 10.6 Å². The number of fused-ring (bicyclic) bond motifs is 1. The molecule has 1 amide bonds. The smallest absolute Gasteiger partial charge is 0.412 e. The number of amides is 1. The molecule has 0 atom stereocenters. The van der Waals surface area contributed by atoms with E-state index in [1.54, 1.807) is 13.3 Å². The Kier molecular flexibility index (Phi) is 5.09. The van der Waals surface area contributed by atoms with Gasteiger partial charge in [-0.25, -0.2) is 9.78 Å². The summed E-state index contributed by atoms with van der Waals surface area (Å²) < 4.78 is 12.7. The largest absolute Gasteiger partial charge is 0.444 e. The molecule has 0 radical (unpaired) electrons. The van der Waals surface area contributed by atoms with E-state index in [2.05, 4.69) is 15.6 Å². The molecule has 7 nitrogen and oxygen atoms in total. The molecule has 0 bridgehead atoms. The molecule has 1 aliphatic carbocycles. The minimum atomic E-state index is -0.558. The number of aromatic nitrogens is 2. The fraction of sp³-hybridized carbons (Fsp3) is 0.579. The highest BCUT2D eigenvalue weighted by Gasteiger charge is 2.34. The molecule has 1 fully saturated rings. The summed E-state index contributed by atoms with van der Waals surface area (Å²) in [6.07, 6.45) is 9.57. The maximum absolute atomic E-state index is 12.2. The van der Waals surface area contributed by atoms with Gasteiger partial charge in [-0.05, 0) is 39.7 Å². The molecule has 0 aliphatic heterocycles. The Morgan fingerprint density at radius 2 is 2.08 bits per heavy atom. The van der Waals surface area contributed by atoms with Gasteiger partial charge in [0.05, 0.1) is 23.5 Å². The van der Waals surface area contributed by atoms with Gasteiger partial charge in [-0.3, -0.25) is 5.32 Å². The number of nitrogens with one attached hydrogen (secondary N) is 2. The van der Waals surface area contributed by atoms with Gasteiger partial charge in [0.15, 0.2) is 5.65 Å². The van der Waals surface area contributed by atoms with Crippen LogP contribution in [0.4, 0.5) is 16.2 Å². The first-order chi connectivity index (χ1) is 12.3. The first-order valence-corrected chi connectivity index (χ1v) is 9.04. The molecule has 0 aromatic carbocycles. The zero-order chi connectivity index (χ0) is 18.8. The van der Waals surface area contributed by atoms with Crippen molar-refractivity contribution in [1.82, 2.24) is 9.38 Å². The molecule has 2 aromatic rings. The van der Waals surface area contributed by atoms with Crippen molar-refractivity contribution in [2.24, 2.45) is 0 Å². The molecule has 2 heterocycles. The predicted molar refractivity (Wildman–Crippen MR) is 102 cm³/mol. The Hall–Kier alpha value is -2.28. The number of nitrogens with zero attached hydrogens (tertiary/aromatic N) is 2. The van der Waals surface area contributed by atoms with Crippen molar-refractivity contribution in [1.29, 1.82) is 0 Å². The van der Waals surface area contributed by atoms with E-state index in [-0.39, 0.29) is 5.54 Å². The van der Waals surface area contributed by atoms with Crippen LogP contribution in [0.1, 0.15) is 46.5 Å². The Morgan fingerprint density at radius 3 is 2.73 bits per heavy atom. The van der Waals surface area contributed by atoms with E-state index in [4.69, 9.17) is 9.47 Å². The van der Waals surface area contributed by atoms with Crippen LogP contribution in [0, 0.1) is 0 Å². The van der Waals surface area contributed by atoms with Crippen molar-refractivity contribution in [3.05, 3.63) is 24.7 Å². The van der Waals surface area contributed by atoms with Gasteiger partial charge in [0, 0.05) is 25.7 Å². The molecule has 0 spiro atoms. The highest BCUT2D eigenvalue weighted by molar-refractivity contribution is 5.90. The van der Waals surface area contributed by atoms with Crippen molar-refractivity contribution >= 4 is 23.1 Å². The lowest BCUT2D eigenvalue weighted by molar-refractivity contribution is 0.0636. The number of hydrogen-bond donors (Lipinski definition) is 2. The molecule has 142 valence electrons. The molecule has 1 aliphatic rings. The van der Waals surface area contributed by atoms with Gasteiger partial charge >= 0.3 is 6.09 Å². The van der Waals surface area contributed by atoms with Gasteiger partial charge in [-0.1, -0.05) is 12.8 Å². The number of carbonyl (C=O) groups excluding carboxylic acids is 1. The number of ether oxygens (including phenoxy) is 2. The van der Waals surface area contributed by atoms with E-state index in [0.717, 1.165) is 18.5 Å². The summed E-state index contributed by atoms with van der Waals surface area (Å²) in [6.45, 7) is 6.17. The summed E-state index contributed by atoms with van der Waals surface area (Å²) in [5.41, 5.74) is 1.58. The quantitative estimate of drug-likeness (QED) is 0.841. The van der Waals surface area contributed by atoms with Crippen LogP contribution in [-0.2, 0) is 9.47 Å². The number of hydrogen-bond acceptors (Lipinski definition) is 5. The molecule has 0 saturated heterocycles. The second kappa shape index (κ2) is 7.15. The molecule has 0 unspecified atom stereocenters. The van der Waals surface area contributed by atoms with Crippen LogP contribution in [0.3, 0.4) is 0 Å². The standard InChI is InChI=1S/C19H28N4O3/c1-18(2,3)26-17(24)21-15-11-14(12-23-10-9-20-16(15)23)22-19(13-25-4)7-5-6-8-19/h9-12,22H,5-8,13H2,1-4H3,(H,21,24). The van der Waals surface area contributed by atoms with E-state index >= 15 is 0 Å². The van der Waals surface area contributed by atoms with Gasteiger partial charge in [0.2, 0.25) is 0 Å². The average molecular weight is 360 g/mol. The number of anilines is 2. The van der Waals surface area contributed by atoms with Crippen LogP contribution in [0.5, 0.6) is 0 Å². The molecular formula is C19H28N4O3. The Labute approximate surface area is 154 Å². The molecule has 2 N–H and O–H groups in total. The Bertz CT molecular complexity index is 773. The SMILES string of the molecule is COCC1(Nc2cc(NC(=O)OC(C)(C)C)c3nccn3c2)CCCC1. The summed E-state index contributed by atoms with van der Waals surface area (Å²) in [5, 5.41) is 6.46. The number of carbonyl (C=O) groups is 1. The average Bonchev–Trinajstić information content (AvgIpc) is 3.15. The van der Waals surface area contributed by atoms with E-state index in [9.17, 15) is 4.79 Å². The maximum Gasteiger partial charge on any atom is 0.412 e. The molecular weight excluding hydrogens is 332 g/mol. The van der Waals surface area contributed by atoms with Crippen LogP contribution in [0.2, 0.25) is 0 Å². The normalized spacial score (nSPS) is 16.6. The monoisotopic (exact) mass is 360 g/mol. The minimum Gasteiger partial charge on any atom is -0.444 e. The number of pyridine rings is 1. The maximum atomic E-state index is 12.2.